The van der Waals surface area contributed by atoms with E-state index >= 15 is 0 Å². The van der Waals surface area contributed by atoms with Crippen LogP contribution in [-0.4, -0.2) is 12.6 Å². The van der Waals surface area contributed by atoms with Crippen LogP contribution in [0.2, 0.25) is 0 Å². The number of alkyl halides is 2. The summed E-state index contributed by atoms with van der Waals surface area (Å²) in [5, 5.41) is 5.87. The minimum Gasteiger partial charge on any atom is -0.435 e. The molecule has 0 spiro atoms. The molecule has 0 heterocycles. The molecule has 2 N–H and O–H groups in total. The Labute approximate surface area is 152 Å². The maximum Gasteiger partial charge on any atom is 0.387 e. The van der Waals surface area contributed by atoms with Crippen molar-refractivity contribution in [3.63, 3.8) is 0 Å². The molecule has 2 atom stereocenters. The van der Waals surface area contributed by atoms with Crippen LogP contribution < -0.4 is 15.4 Å². The van der Waals surface area contributed by atoms with Crippen LogP contribution in [0.4, 0.5) is 13.6 Å². The Balaban J connectivity index is 1.97. The van der Waals surface area contributed by atoms with E-state index in [1.54, 1.807) is 12.1 Å². The lowest BCUT2D eigenvalue weighted by Gasteiger charge is -2.24. The lowest BCUT2D eigenvalue weighted by molar-refractivity contribution is -0.0498. The highest BCUT2D eigenvalue weighted by Gasteiger charge is 2.19. The quantitative estimate of drug-likeness (QED) is 0.724. The summed E-state index contributed by atoms with van der Waals surface area (Å²) in [5.41, 5.74) is 1.83. The van der Waals surface area contributed by atoms with Gasteiger partial charge in [-0.25, -0.2) is 4.79 Å². The van der Waals surface area contributed by atoms with Gasteiger partial charge in [-0.05, 0) is 36.1 Å². The summed E-state index contributed by atoms with van der Waals surface area (Å²) < 4.78 is 28.7. The Morgan fingerprint density at radius 1 is 0.885 bits per heavy atom. The van der Waals surface area contributed by atoms with Gasteiger partial charge < -0.3 is 15.4 Å². The first-order chi connectivity index (χ1) is 12.4. The van der Waals surface area contributed by atoms with Gasteiger partial charge in [0, 0.05) is 0 Å². The van der Waals surface area contributed by atoms with Gasteiger partial charge in [-0.3, -0.25) is 0 Å². The highest BCUT2D eigenvalue weighted by molar-refractivity contribution is 5.75. The van der Waals surface area contributed by atoms with Crippen LogP contribution in [0.1, 0.15) is 44.0 Å². The number of benzene rings is 2. The average Bonchev–Trinajstić information content (AvgIpc) is 2.60. The van der Waals surface area contributed by atoms with E-state index in [0.717, 1.165) is 11.1 Å². The first-order valence-corrected chi connectivity index (χ1v) is 8.53. The third-order valence-electron chi connectivity index (χ3n) is 4.06. The van der Waals surface area contributed by atoms with Crippen molar-refractivity contribution in [2.45, 2.75) is 39.5 Å². The molecule has 0 aliphatic rings. The number of amides is 2. The van der Waals surface area contributed by atoms with E-state index in [1.165, 1.54) is 12.1 Å². The number of rotatable bonds is 7. The first-order valence-electron chi connectivity index (χ1n) is 8.53. The Kier molecular flexibility index (Phi) is 6.95. The zero-order chi connectivity index (χ0) is 19.1. The monoisotopic (exact) mass is 362 g/mol. The van der Waals surface area contributed by atoms with Crippen LogP contribution in [0.3, 0.4) is 0 Å². The van der Waals surface area contributed by atoms with E-state index in [9.17, 15) is 13.6 Å². The smallest absolute Gasteiger partial charge is 0.387 e. The third kappa shape index (κ3) is 5.72. The number of hydrogen-bond donors (Lipinski definition) is 2. The van der Waals surface area contributed by atoms with Gasteiger partial charge in [-0.15, -0.1) is 0 Å². The Morgan fingerprint density at radius 3 is 2.04 bits per heavy atom. The second kappa shape index (κ2) is 9.17. The van der Waals surface area contributed by atoms with E-state index in [0.29, 0.717) is 0 Å². The van der Waals surface area contributed by atoms with Crippen molar-refractivity contribution >= 4 is 6.03 Å². The van der Waals surface area contributed by atoms with Gasteiger partial charge in [0.1, 0.15) is 5.75 Å². The zero-order valence-electron chi connectivity index (χ0n) is 15.1. The van der Waals surface area contributed by atoms with Gasteiger partial charge in [0.15, 0.2) is 0 Å². The molecule has 0 radical (unpaired) electrons. The fraction of sp³-hybridized carbons (Fsp3) is 0.350. The van der Waals surface area contributed by atoms with Crippen molar-refractivity contribution in [2.75, 3.05) is 0 Å². The first kappa shape index (κ1) is 19.7. The largest absolute Gasteiger partial charge is 0.435 e. The molecule has 6 heteroatoms. The second-order valence-corrected chi connectivity index (χ2v) is 6.42. The topological polar surface area (TPSA) is 50.4 Å². The van der Waals surface area contributed by atoms with E-state index in [1.807, 2.05) is 51.1 Å². The summed E-state index contributed by atoms with van der Waals surface area (Å²) in [7, 11) is 0. The maximum absolute atomic E-state index is 12.4. The molecule has 0 bridgehead atoms. The molecule has 140 valence electrons. The summed E-state index contributed by atoms with van der Waals surface area (Å²) in [5.74, 6) is 0.314. The van der Waals surface area contributed by atoms with Crippen LogP contribution in [0.25, 0.3) is 0 Å². The summed E-state index contributed by atoms with van der Waals surface area (Å²) in [4.78, 5) is 12.4. The van der Waals surface area contributed by atoms with Crippen molar-refractivity contribution in [1.82, 2.24) is 10.6 Å². The molecule has 0 saturated heterocycles. The van der Waals surface area contributed by atoms with Gasteiger partial charge in [-0.1, -0.05) is 56.3 Å². The van der Waals surface area contributed by atoms with Crippen molar-refractivity contribution in [1.29, 1.82) is 0 Å². The van der Waals surface area contributed by atoms with Crippen molar-refractivity contribution in [3.05, 3.63) is 65.7 Å². The van der Waals surface area contributed by atoms with Crippen LogP contribution >= 0.6 is 0 Å². The molecule has 2 unspecified atom stereocenters. The van der Waals surface area contributed by atoms with Gasteiger partial charge in [0.2, 0.25) is 0 Å². The molecule has 2 aromatic carbocycles. The van der Waals surface area contributed by atoms with Crippen molar-refractivity contribution < 1.29 is 18.3 Å². The molecule has 0 aliphatic carbocycles. The van der Waals surface area contributed by atoms with E-state index in [4.69, 9.17) is 0 Å². The Hall–Kier alpha value is -2.63. The molecule has 0 aromatic heterocycles. The average molecular weight is 362 g/mol. The van der Waals surface area contributed by atoms with Crippen LogP contribution in [0.5, 0.6) is 5.75 Å². The van der Waals surface area contributed by atoms with E-state index in [-0.39, 0.29) is 29.8 Å². The normalized spacial score (nSPS) is 13.3. The Bertz CT molecular complexity index is 691. The molecule has 26 heavy (non-hydrogen) atoms. The number of urea groups is 1. The molecular formula is C20H24F2N2O2. The van der Waals surface area contributed by atoms with Crippen LogP contribution in [0.15, 0.2) is 54.6 Å². The fourth-order valence-electron chi connectivity index (χ4n) is 2.70. The van der Waals surface area contributed by atoms with Crippen LogP contribution in [-0.2, 0) is 0 Å². The molecule has 4 nitrogen and oxygen atoms in total. The lowest BCUT2D eigenvalue weighted by Crippen LogP contribution is -2.40. The minimum absolute atomic E-state index is 0.0874. The summed E-state index contributed by atoms with van der Waals surface area (Å²) in [6.45, 7) is 3.06. The van der Waals surface area contributed by atoms with E-state index < -0.39 is 6.61 Å². The van der Waals surface area contributed by atoms with Gasteiger partial charge in [0.25, 0.3) is 0 Å². The van der Waals surface area contributed by atoms with Gasteiger partial charge >= 0.3 is 12.6 Å². The number of ether oxygens (including phenoxy) is 1. The highest BCUT2D eigenvalue weighted by atomic mass is 19.3. The lowest BCUT2D eigenvalue weighted by atomic mass is 9.96. The minimum atomic E-state index is -2.85. The number of halogens is 2. The molecule has 2 amide bonds. The summed E-state index contributed by atoms with van der Waals surface area (Å²) in [6, 6.07) is 15.3. The number of hydrogen-bond acceptors (Lipinski definition) is 2. The Morgan fingerprint density at radius 2 is 1.50 bits per heavy atom. The van der Waals surface area contributed by atoms with Crippen molar-refractivity contribution in [2.24, 2.45) is 5.92 Å². The second-order valence-electron chi connectivity index (χ2n) is 6.42. The predicted molar refractivity (Wildman–Crippen MR) is 97.2 cm³/mol. The summed E-state index contributed by atoms with van der Waals surface area (Å²) in [6.07, 6.45) is 0. The molecule has 0 aliphatic heterocycles. The van der Waals surface area contributed by atoms with Gasteiger partial charge in [0.05, 0.1) is 12.1 Å². The number of nitrogens with one attached hydrogen (secondary N) is 2. The number of carbonyl (C=O) groups excluding carboxylic acids is 1. The predicted octanol–water partition coefficient (Wildman–Crippen LogP) is 5.05. The standard InChI is InChI=1S/C20H24F2N2O2/c1-13(2)18(16-7-5-4-6-8-16)24-20(25)23-14(3)15-9-11-17(12-10-15)26-19(21)22/h4-14,18-19H,1-3H3,(H2,23,24,25). The zero-order valence-corrected chi connectivity index (χ0v) is 15.1. The fourth-order valence-corrected chi connectivity index (χ4v) is 2.70. The van der Waals surface area contributed by atoms with Gasteiger partial charge in [-0.2, -0.15) is 8.78 Å². The highest BCUT2D eigenvalue weighted by Crippen LogP contribution is 2.22. The molecule has 0 saturated carbocycles. The molecule has 2 rings (SSSR count). The molecular weight excluding hydrogens is 338 g/mol. The molecule has 0 fully saturated rings. The summed E-state index contributed by atoms with van der Waals surface area (Å²) >= 11 is 0. The SMILES string of the molecule is CC(NC(=O)NC(c1ccccc1)C(C)C)c1ccc(OC(F)F)cc1. The van der Waals surface area contributed by atoms with Crippen LogP contribution in [0, 0.1) is 5.92 Å². The number of carbonyl (C=O) groups is 1. The third-order valence-corrected chi connectivity index (χ3v) is 4.06. The van der Waals surface area contributed by atoms with Crippen molar-refractivity contribution in [3.8, 4) is 5.75 Å². The molecule has 2 aromatic rings. The maximum atomic E-state index is 12.4. The van der Waals surface area contributed by atoms with E-state index in [2.05, 4.69) is 15.4 Å².